The molecule has 0 unspecified atom stereocenters. The summed E-state index contributed by atoms with van der Waals surface area (Å²) in [5, 5.41) is 0. The summed E-state index contributed by atoms with van der Waals surface area (Å²) in [6, 6.07) is 9.37. The highest BCUT2D eigenvalue weighted by atomic mass is 16.5. The molecule has 0 N–H and O–H groups in total. The molecule has 3 rings (SSSR count). The molecule has 0 radical (unpaired) electrons. The van der Waals surface area contributed by atoms with Crippen molar-refractivity contribution in [2.45, 2.75) is 30.9 Å². The molecule has 1 fully saturated rings. The molecule has 0 spiro atoms. The Hall–Kier alpha value is -2.17. The number of aliphatic imine (C=N–C) groups is 1. The van der Waals surface area contributed by atoms with Crippen LogP contribution in [0.3, 0.4) is 0 Å². The van der Waals surface area contributed by atoms with Crippen molar-refractivity contribution in [3.05, 3.63) is 35.9 Å². The molecule has 5 nitrogen and oxygen atoms in total. The molecule has 0 saturated heterocycles. The number of esters is 1. The number of carbonyl (C=O) groups is 2. The van der Waals surface area contributed by atoms with Gasteiger partial charge in [-0.25, -0.2) is 9.79 Å². The number of Topliss-reactive ketones (excluding diaryl/α,β-unsaturated/α-hetero) is 1. The molecule has 1 aliphatic carbocycles. The molecule has 1 aromatic carbocycles. The number of hydrogen-bond acceptors (Lipinski definition) is 5. The second kappa shape index (κ2) is 4.74. The Morgan fingerprint density at radius 1 is 1.40 bits per heavy atom. The first kappa shape index (κ1) is 12.8. The number of fused-ring (bicyclic) bond motifs is 1. The van der Waals surface area contributed by atoms with Crippen LogP contribution >= 0.6 is 0 Å². The molecule has 5 heteroatoms. The van der Waals surface area contributed by atoms with Crippen molar-refractivity contribution in [1.82, 2.24) is 0 Å². The lowest BCUT2D eigenvalue weighted by atomic mass is 9.79. The van der Waals surface area contributed by atoms with Crippen molar-refractivity contribution in [2.75, 3.05) is 7.11 Å². The first-order chi connectivity index (χ1) is 9.65. The van der Waals surface area contributed by atoms with Crippen LogP contribution in [0.1, 0.15) is 24.8 Å². The Morgan fingerprint density at radius 2 is 2.15 bits per heavy atom. The van der Waals surface area contributed by atoms with E-state index in [4.69, 9.17) is 9.47 Å². The van der Waals surface area contributed by atoms with Gasteiger partial charge in [-0.05, 0) is 18.6 Å². The van der Waals surface area contributed by atoms with E-state index in [1.54, 1.807) is 0 Å². The van der Waals surface area contributed by atoms with Gasteiger partial charge in [0.15, 0.2) is 5.54 Å². The van der Waals surface area contributed by atoms with E-state index in [1.165, 1.54) is 7.11 Å². The second-order valence-electron chi connectivity index (χ2n) is 5.05. The average Bonchev–Trinajstić information content (AvgIpc) is 2.87. The van der Waals surface area contributed by atoms with Crippen molar-refractivity contribution in [3.63, 3.8) is 0 Å². The maximum absolute atomic E-state index is 12.1. The summed E-state index contributed by atoms with van der Waals surface area (Å²) in [5.74, 6) is 0.0793. The van der Waals surface area contributed by atoms with Gasteiger partial charge in [0.1, 0.15) is 11.9 Å². The van der Waals surface area contributed by atoms with E-state index in [-0.39, 0.29) is 12.2 Å². The molecule has 1 aliphatic heterocycles. The Balaban J connectivity index is 2.00. The molecule has 20 heavy (non-hydrogen) atoms. The minimum atomic E-state index is -1.06. The normalized spacial score (nSPS) is 28.4. The standard InChI is InChI=1S/C15H15NO4/c1-19-14(18)15-8-7-11(17)9-12(15)20-13(16-15)10-5-3-2-4-6-10/h2-6,12H,7-9H2,1H3/t12-,15+/m0/s1. The van der Waals surface area contributed by atoms with Gasteiger partial charge in [0.2, 0.25) is 5.90 Å². The van der Waals surface area contributed by atoms with Gasteiger partial charge in [-0.3, -0.25) is 4.79 Å². The summed E-state index contributed by atoms with van der Waals surface area (Å²) in [7, 11) is 1.33. The van der Waals surface area contributed by atoms with Crippen LogP contribution in [-0.4, -0.2) is 36.4 Å². The smallest absolute Gasteiger partial charge is 0.337 e. The SMILES string of the molecule is COC(=O)[C@@]12CCC(=O)C[C@@H]1OC(c1ccccc1)=N2. The number of ketones is 1. The lowest BCUT2D eigenvalue weighted by Crippen LogP contribution is -2.50. The third-order valence-electron chi connectivity index (χ3n) is 3.85. The molecule has 2 atom stereocenters. The molecule has 2 aliphatic rings. The van der Waals surface area contributed by atoms with Gasteiger partial charge < -0.3 is 9.47 Å². The van der Waals surface area contributed by atoms with Gasteiger partial charge in [0.25, 0.3) is 0 Å². The molecule has 0 bridgehead atoms. The number of carbonyl (C=O) groups excluding carboxylic acids is 2. The minimum absolute atomic E-state index is 0.0963. The summed E-state index contributed by atoms with van der Waals surface area (Å²) in [6.07, 6.45) is 0.334. The zero-order valence-corrected chi connectivity index (χ0v) is 11.2. The highest BCUT2D eigenvalue weighted by Crippen LogP contribution is 2.39. The van der Waals surface area contributed by atoms with Crippen LogP contribution in [0.5, 0.6) is 0 Å². The van der Waals surface area contributed by atoms with Crippen LogP contribution in [0.25, 0.3) is 0 Å². The van der Waals surface area contributed by atoms with Crippen LogP contribution in [0.15, 0.2) is 35.3 Å². The molecule has 0 amide bonds. The van der Waals surface area contributed by atoms with Gasteiger partial charge in [-0.15, -0.1) is 0 Å². The zero-order valence-electron chi connectivity index (χ0n) is 11.2. The number of ether oxygens (including phenoxy) is 2. The second-order valence-corrected chi connectivity index (χ2v) is 5.05. The van der Waals surface area contributed by atoms with E-state index >= 15 is 0 Å². The van der Waals surface area contributed by atoms with Crippen molar-refractivity contribution in [2.24, 2.45) is 4.99 Å². The summed E-state index contributed by atoms with van der Waals surface area (Å²) in [6.45, 7) is 0. The number of nitrogens with zero attached hydrogens (tertiary/aromatic N) is 1. The van der Waals surface area contributed by atoms with Crippen LogP contribution in [0.2, 0.25) is 0 Å². The summed E-state index contributed by atoms with van der Waals surface area (Å²) in [5.41, 5.74) is -0.258. The van der Waals surface area contributed by atoms with E-state index in [1.807, 2.05) is 30.3 Å². The average molecular weight is 273 g/mol. The number of methoxy groups -OCH3 is 1. The third-order valence-corrected chi connectivity index (χ3v) is 3.85. The lowest BCUT2D eigenvalue weighted by molar-refractivity contribution is -0.152. The van der Waals surface area contributed by atoms with Crippen molar-refractivity contribution in [3.8, 4) is 0 Å². The van der Waals surface area contributed by atoms with Crippen LogP contribution < -0.4 is 0 Å². The van der Waals surface area contributed by atoms with E-state index < -0.39 is 17.6 Å². The fraction of sp³-hybridized carbons (Fsp3) is 0.400. The van der Waals surface area contributed by atoms with Crippen LogP contribution in [0.4, 0.5) is 0 Å². The van der Waals surface area contributed by atoms with Gasteiger partial charge in [0, 0.05) is 18.4 Å². The van der Waals surface area contributed by atoms with Gasteiger partial charge in [0.05, 0.1) is 7.11 Å². The number of rotatable bonds is 2. The molecular weight excluding hydrogens is 258 g/mol. The Kier molecular flexibility index (Phi) is 3.04. The first-order valence-corrected chi connectivity index (χ1v) is 6.58. The van der Waals surface area contributed by atoms with Gasteiger partial charge >= 0.3 is 5.97 Å². The number of benzene rings is 1. The van der Waals surface area contributed by atoms with E-state index in [0.717, 1.165) is 5.56 Å². The number of hydrogen-bond donors (Lipinski definition) is 0. The van der Waals surface area contributed by atoms with E-state index in [9.17, 15) is 9.59 Å². The predicted molar refractivity (Wildman–Crippen MR) is 71.5 cm³/mol. The van der Waals surface area contributed by atoms with Crippen molar-refractivity contribution in [1.29, 1.82) is 0 Å². The molecule has 0 aromatic heterocycles. The fourth-order valence-corrected chi connectivity index (χ4v) is 2.75. The topological polar surface area (TPSA) is 65.0 Å². The first-order valence-electron chi connectivity index (χ1n) is 6.58. The predicted octanol–water partition coefficient (Wildman–Crippen LogP) is 1.50. The maximum Gasteiger partial charge on any atom is 0.337 e. The molecular formula is C15H15NO4. The molecule has 1 saturated carbocycles. The van der Waals surface area contributed by atoms with Crippen LogP contribution in [0, 0.1) is 0 Å². The van der Waals surface area contributed by atoms with Crippen molar-refractivity contribution >= 4 is 17.7 Å². The summed E-state index contributed by atoms with van der Waals surface area (Å²) in [4.78, 5) is 28.2. The summed E-state index contributed by atoms with van der Waals surface area (Å²) < 4.78 is 10.7. The maximum atomic E-state index is 12.1. The van der Waals surface area contributed by atoms with Crippen molar-refractivity contribution < 1.29 is 19.1 Å². The highest BCUT2D eigenvalue weighted by molar-refractivity contribution is 6.01. The zero-order chi connectivity index (χ0) is 14.2. The quantitative estimate of drug-likeness (QED) is 0.766. The minimum Gasteiger partial charge on any atom is -0.470 e. The van der Waals surface area contributed by atoms with E-state index in [2.05, 4.69) is 4.99 Å². The Labute approximate surface area is 116 Å². The highest BCUT2D eigenvalue weighted by Gasteiger charge is 2.56. The van der Waals surface area contributed by atoms with E-state index in [0.29, 0.717) is 18.7 Å². The molecule has 104 valence electrons. The van der Waals surface area contributed by atoms with Gasteiger partial charge in [-0.2, -0.15) is 0 Å². The monoisotopic (exact) mass is 273 g/mol. The Morgan fingerprint density at radius 3 is 2.85 bits per heavy atom. The molecule has 1 heterocycles. The third kappa shape index (κ3) is 1.90. The lowest BCUT2D eigenvalue weighted by Gasteiger charge is -2.31. The largest absolute Gasteiger partial charge is 0.470 e. The summed E-state index contributed by atoms with van der Waals surface area (Å²) >= 11 is 0. The Bertz CT molecular complexity index is 581. The molecule has 1 aromatic rings. The van der Waals surface area contributed by atoms with Crippen LogP contribution in [-0.2, 0) is 19.1 Å². The fourth-order valence-electron chi connectivity index (χ4n) is 2.75. The van der Waals surface area contributed by atoms with Gasteiger partial charge in [-0.1, -0.05) is 18.2 Å².